The van der Waals surface area contributed by atoms with Crippen LogP contribution in [0.4, 0.5) is 0 Å². The van der Waals surface area contributed by atoms with E-state index in [0.717, 1.165) is 15.2 Å². The number of ether oxygens (including phenoxy) is 1. The van der Waals surface area contributed by atoms with Crippen LogP contribution in [0.15, 0.2) is 59.1 Å². The van der Waals surface area contributed by atoms with Crippen LogP contribution in [0.25, 0.3) is 10.8 Å². The van der Waals surface area contributed by atoms with Crippen LogP contribution in [0, 0.1) is 0 Å². The van der Waals surface area contributed by atoms with Crippen molar-refractivity contribution < 1.29 is 14.3 Å². The molecule has 0 aliphatic heterocycles. The molecular formula is C24H23BrCl2N2O3. The van der Waals surface area contributed by atoms with Crippen molar-refractivity contribution in [1.82, 2.24) is 10.2 Å². The zero-order chi connectivity index (χ0) is 23.3. The highest BCUT2D eigenvalue weighted by Gasteiger charge is 2.27. The molecule has 0 unspecified atom stereocenters. The second-order valence-electron chi connectivity index (χ2n) is 7.18. The van der Waals surface area contributed by atoms with Crippen LogP contribution >= 0.6 is 39.1 Å². The molecule has 0 aliphatic rings. The van der Waals surface area contributed by atoms with Crippen LogP contribution in [-0.2, 0) is 16.1 Å². The molecule has 0 aromatic heterocycles. The predicted octanol–water partition coefficient (Wildman–Crippen LogP) is 5.84. The molecule has 32 heavy (non-hydrogen) atoms. The van der Waals surface area contributed by atoms with Gasteiger partial charge in [0.05, 0.1) is 4.47 Å². The van der Waals surface area contributed by atoms with Gasteiger partial charge in [0, 0.05) is 28.7 Å². The minimum atomic E-state index is -0.738. The molecule has 1 N–H and O–H groups in total. The highest BCUT2D eigenvalue weighted by molar-refractivity contribution is 9.10. The lowest BCUT2D eigenvalue weighted by atomic mass is 10.1. The number of nitrogens with zero attached hydrogens (tertiary/aromatic N) is 1. The first-order chi connectivity index (χ1) is 15.3. The Kier molecular flexibility index (Phi) is 8.40. The molecule has 0 heterocycles. The van der Waals surface area contributed by atoms with Crippen LogP contribution in [0.2, 0.25) is 10.0 Å². The average Bonchev–Trinajstić information content (AvgIpc) is 2.78. The first kappa shape index (κ1) is 24.4. The Morgan fingerprint density at radius 1 is 1.06 bits per heavy atom. The van der Waals surface area contributed by atoms with Crippen molar-refractivity contribution in [2.75, 3.05) is 13.2 Å². The molecule has 8 heteroatoms. The first-order valence-corrected chi connectivity index (χ1v) is 11.7. The number of amides is 2. The van der Waals surface area contributed by atoms with Gasteiger partial charge in [0.2, 0.25) is 5.91 Å². The molecule has 0 saturated heterocycles. The van der Waals surface area contributed by atoms with E-state index >= 15 is 0 Å². The van der Waals surface area contributed by atoms with Crippen molar-refractivity contribution in [3.05, 3.63) is 74.7 Å². The second kappa shape index (κ2) is 11.0. The molecule has 3 aromatic carbocycles. The van der Waals surface area contributed by atoms with Crippen molar-refractivity contribution in [2.45, 2.75) is 26.4 Å². The third-order valence-electron chi connectivity index (χ3n) is 5.09. The molecule has 3 aromatic rings. The Balaban J connectivity index is 1.83. The maximum Gasteiger partial charge on any atom is 0.261 e. The van der Waals surface area contributed by atoms with Gasteiger partial charge in [0.15, 0.2) is 6.61 Å². The zero-order valence-corrected chi connectivity index (χ0v) is 20.8. The highest BCUT2D eigenvalue weighted by atomic mass is 79.9. The molecule has 5 nitrogen and oxygen atoms in total. The maximum absolute atomic E-state index is 13.2. The number of carbonyl (C=O) groups excluding carboxylic acids is 2. The summed E-state index contributed by atoms with van der Waals surface area (Å²) in [7, 11) is 0. The van der Waals surface area contributed by atoms with Crippen molar-refractivity contribution in [3.8, 4) is 5.75 Å². The molecule has 0 bridgehead atoms. The molecule has 2 amide bonds. The third kappa shape index (κ3) is 5.55. The Morgan fingerprint density at radius 2 is 1.75 bits per heavy atom. The quantitative estimate of drug-likeness (QED) is 0.392. The van der Waals surface area contributed by atoms with Crippen molar-refractivity contribution in [1.29, 1.82) is 0 Å². The van der Waals surface area contributed by atoms with Crippen LogP contribution in [-0.4, -0.2) is 35.9 Å². The van der Waals surface area contributed by atoms with E-state index in [9.17, 15) is 9.59 Å². The van der Waals surface area contributed by atoms with E-state index in [4.69, 9.17) is 27.9 Å². The van der Waals surface area contributed by atoms with Gasteiger partial charge in [-0.05, 0) is 58.7 Å². The monoisotopic (exact) mass is 536 g/mol. The smallest absolute Gasteiger partial charge is 0.261 e. The van der Waals surface area contributed by atoms with Crippen molar-refractivity contribution >= 4 is 61.7 Å². The van der Waals surface area contributed by atoms with Gasteiger partial charge in [-0.25, -0.2) is 0 Å². The summed E-state index contributed by atoms with van der Waals surface area (Å²) in [4.78, 5) is 27.1. The summed E-state index contributed by atoms with van der Waals surface area (Å²) in [5.41, 5.74) is 0.576. The van der Waals surface area contributed by atoms with Gasteiger partial charge in [-0.2, -0.15) is 0 Å². The number of likely N-dealkylation sites (N-methyl/N-ethyl adjacent to an activating group) is 1. The van der Waals surface area contributed by atoms with Crippen LogP contribution < -0.4 is 10.1 Å². The first-order valence-electron chi connectivity index (χ1n) is 10.1. The maximum atomic E-state index is 13.2. The lowest BCUT2D eigenvalue weighted by Gasteiger charge is -2.29. The number of benzene rings is 3. The minimum absolute atomic E-state index is 0.0812. The Labute approximate surface area is 205 Å². The van der Waals surface area contributed by atoms with Crippen LogP contribution in [0.3, 0.4) is 0 Å². The lowest BCUT2D eigenvalue weighted by molar-refractivity contribution is -0.142. The number of halogens is 3. The van der Waals surface area contributed by atoms with E-state index in [1.54, 1.807) is 25.1 Å². The van der Waals surface area contributed by atoms with Gasteiger partial charge < -0.3 is 15.0 Å². The number of fused-ring (bicyclic) bond motifs is 1. The fraction of sp³-hybridized carbons (Fsp3) is 0.250. The van der Waals surface area contributed by atoms with E-state index in [0.29, 0.717) is 27.9 Å². The van der Waals surface area contributed by atoms with E-state index in [2.05, 4.69) is 21.2 Å². The van der Waals surface area contributed by atoms with Gasteiger partial charge in [-0.1, -0.05) is 59.6 Å². The number of hydrogen-bond acceptors (Lipinski definition) is 3. The molecule has 0 radical (unpaired) electrons. The number of carbonyl (C=O) groups is 2. The molecular weight excluding hydrogens is 515 g/mol. The van der Waals surface area contributed by atoms with Crippen molar-refractivity contribution in [2.24, 2.45) is 0 Å². The summed E-state index contributed by atoms with van der Waals surface area (Å²) in [6, 6.07) is 16.0. The summed E-state index contributed by atoms with van der Waals surface area (Å²) < 4.78 is 6.60. The Hall–Kier alpha value is -2.28. The number of hydrogen-bond donors (Lipinski definition) is 1. The normalized spacial score (nSPS) is 11.8. The van der Waals surface area contributed by atoms with E-state index < -0.39 is 6.04 Å². The Bertz CT molecular complexity index is 1120. The second-order valence-corrected chi connectivity index (χ2v) is 8.79. The molecule has 0 fully saturated rings. The molecule has 1 atom stereocenters. The van der Waals surface area contributed by atoms with Gasteiger partial charge >= 0.3 is 0 Å². The van der Waals surface area contributed by atoms with Gasteiger partial charge in [-0.15, -0.1) is 0 Å². The lowest BCUT2D eigenvalue weighted by Crippen LogP contribution is -2.49. The number of nitrogens with one attached hydrogen (secondary N) is 1. The summed E-state index contributed by atoms with van der Waals surface area (Å²) in [6.07, 6.45) is 0. The van der Waals surface area contributed by atoms with Crippen LogP contribution in [0.1, 0.15) is 19.4 Å². The summed E-state index contributed by atoms with van der Waals surface area (Å²) in [5, 5.41) is 5.64. The predicted molar refractivity (Wildman–Crippen MR) is 132 cm³/mol. The topological polar surface area (TPSA) is 58.6 Å². The van der Waals surface area contributed by atoms with E-state index in [1.807, 2.05) is 43.3 Å². The highest BCUT2D eigenvalue weighted by Crippen LogP contribution is 2.33. The summed E-state index contributed by atoms with van der Waals surface area (Å²) >= 11 is 16.2. The minimum Gasteiger partial charge on any atom is -0.483 e. The standard InChI is InChI=1S/C24H23BrCl2N2O3/c1-3-28-24(31)15(2)29(13-18-19(26)9-6-10-20(18)27)22(30)14-32-21-12-11-16-7-4-5-8-17(16)23(21)25/h4-12,15H,3,13-14H2,1-2H3,(H,28,31)/t15-/m1/s1. The van der Waals surface area contributed by atoms with Crippen molar-refractivity contribution in [3.63, 3.8) is 0 Å². The fourth-order valence-electron chi connectivity index (χ4n) is 3.31. The largest absolute Gasteiger partial charge is 0.483 e. The summed E-state index contributed by atoms with van der Waals surface area (Å²) in [5.74, 6) is -0.0888. The van der Waals surface area contributed by atoms with E-state index in [1.165, 1.54) is 4.90 Å². The molecule has 0 spiro atoms. The SMILES string of the molecule is CCNC(=O)[C@@H](C)N(Cc1c(Cl)cccc1Cl)C(=O)COc1ccc2ccccc2c1Br. The molecule has 0 aliphatic carbocycles. The van der Waals surface area contributed by atoms with Gasteiger partial charge in [-0.3, -0.25) is 9.59 Å². The fourth-order valence-corrected chi connectivity index (χ4v) is 4.43. The summed E-state index contributed by atoms with van der Waals surface area (Å²) in [6.45, 7) is 3.78. The zero-order valence-electron chi connectivity index (χ0n) is 17.7. The van der Waals surface area contributed by atoms with E-state index in [-0.39, 0.29) is 25.0 Å². The molecule has 0 saturated carbocycles. The van der Waals surface area contributed by atoms with Crippen LogP contribution in [0.5, 0.6) is 5.75 Å². The molecule has 3 rings (SSSR count). The molecule has 168 valence electrons. The van der Waals surface area contributed by atoms with Gasteiger partial charge in [0.25, 0.3) is 5.91 Å². The third-order valence-corrected chi connectivity index (χ3v) is 6.61. The average molecular weight is 538 g/mol. The Morgan fingerprint density at radius 3 is 2.44 bits per heavy atom. The van der Waals surface area contributed by atoms with Gasteiger partial charge in [0.1, 0.15) is 11.8 Å². The number of rotatable bonds is 8.